The van der Waals surface area contributed by atoms with Gasteiger partial charge in [0.15, 0.2) is 5.13 Å². The molecule has 0 bridgehead atoms. The molecule has 0 fully saturated rings. The van der Waals surface area contributed by atoms with Crippen molar-refractivity contribution < 1.29 is 4.79 Å². The van der Waals surface area contributed by atoms with Gasteiger partial charge >= 0.3 is 0 Å². The Morgan fingerprint density at radius 2 is 2.17 bits per heavy atom. The molecule has 3 N–H and O–H groups in total. The number of rotatable bonds is 6. The monoisotopic (exact) mass is 270 g/mol. The molecule has 5 nitrogen and oxygen atoms in total. The highest BCUT2D eigenvalue weighted by Gasteiger charge is 2.21. The van der Waals surface area contributed by atoms with E-state index in [2.05, 4.69) is 24.1 Å². The average molecular weight is 270 g/mol. The number of hydrogen-bond acceptors (Lipinski definition) is 5. The standard InChI is InChI=1S/C12H22N4OS/c1-5-14-12-15-10(13)9(18-12)11(17)16(6-2)7-8(3)4/h8H,5-7,13H2,1-4H3,(H,14,15). The number of amides is 1. The number of nitrogens with two attached hydrogens (primary N) is 1. The predicted molar refractivity (Wildman–Crippen MR) is 77.1 cm³/mol. The van der Waals surface area contributed by atoms with Crippen molar-refractivity contribution in [2.24, 2.45) is 5.92 Å². The van der Waals surface area contributed by atoms with Crippen LogP contribution in [-0.2, 0) is 0 Å². The molecule has 0 unspecified atom stereocenters. The fraction of sp³-hybridized carbons (Fsp3) is 0.667. The first-order valence-electron chi connectivity index (χ1n) is 6.29. The lowest BCUT2D eigenvalue weighted by atomic mass is 10.2. The number of hydrogen-bond donors (Lipinski definition) is 2. The van der Waals surface area contributed by atoms with Crippen LogP contribution in [0, 0.1) is 5.92 Å². The molecule has 1 rings (SSSR count). The van der Waals surface area contributed by atoms with E-state index >= 15 is 0 Å². The van der Waals surface area contributed by atoms with Crippen molar-refractivity contribution in [3.63, 3.8) is 0 Å². The highest BCUT2D eigenvalue weighted by molar-refractivity contribution is 7.18. The molecule has 0 saturated carbocycles. The van der Waals surface area contributed by atoms with Crippen molar-refractivity contribution in [1.82, 2.24) is 9.88 Å². The number of aromatic nitrogens is 1. The van der Waals surface area contributed by atoms with Gasteiger partial charge in [-0.1, -0.05) is 25.2 Å². The molecule has 0 aliphatic carbocycles. The average Bonchev–Trinajstić information content (AvgIpc) is 2.66. The Balaban J connectivity index is 2.87. The van der Waals surface area contributed by atoms with E-state index in [1.165, 1.54) is 11.3 Å². The molecule has 6 heteroatoms. The van der Waals surface area contributed by atoms with Gasteiger partial charge in [0.1, 0.15) is 10.7 Å². The zero-order valence-corrected chi connectivity index (χ0v) is 12.3. The van der Waals surface area contributed by atoms with Gasteiger partial charge < -0.3 is 16.0 Å². The Hall–Kier alpha value is -1.30. The molecule has 1 amide bonds. The van der Waals surface area contributed by atoms with E-state index in [-0.39, 0.29) is 5.91 Å². The number of thiazole rings is 1. The first-order chi connectivity index (χ1) is 8.49. The minimum absolute atomic E-state index is 0.0228. The lowest BCUT2D eigenvalue weighted by Gasteiger charge is -2.22. The fourth-order valence-corrected chi connectivity index (χ4v) is 2.57. The van der Waals surface area contributed by atoms with Crippen molar-refractivity contribution in [1.29, 1.82) is 0 Å². The van der Waals surface area contributed by atoms with Crippen LogP contribution in [0.5, 0.6) is 0 Å². The highest BCUT2D eigenvalue weighted by atomic mass is 32.1. The van der Waals surface area contributed by atoms with Gasteiger partial charge in [0.2, 0.25) is 0 Å². The Kier molecular flexibility index (Phi) is 5.40. The summed E-state index contributed by atoms with van der Waals surface area (Å²) in [5, 5.41) is 3.79. The van der Waals surface area contributed by atoms with Gasteiger partial charge in [0.05, 0.1) is 0 Å². The van der Waals surface area contributed by atoms with Crippen molar-refractivity contribution in [2.75, 3.05) is 30.7 Å². The van der Waals surface area contributed by atoms with E-state index in [4.69, 9.17) is 5.73 Å². The van der Waals surface area contributed by atoms with Crippen LogP contribution in [0.3, 0.4) is 0 Å². The van der Waals surface area contributed by atoms with Crippen LogP contribution in [-0.4, -0.2) is 35.4 Å². The van der Waals surface area contributed by atoms with E-state index in [0.717, 1.165) is 13.1 Å². The summed E-state index contributed by atoms with van der Waals surface area (Å²) in [4.78, 5) is 18.8. The number of carbonyl (C=O) groups is 1. The Morgan fingerprint density at radius 1 is 1.50 bits per heavy atom. The summed E-state index contributed by atoms with van der Waals surface area (Å²) in [6.07, 6.45) is 0. The molecule has 1 aromatic heterocycles. The number of nitrogens with zero attached hydrogens (tertiary/aromatic N) is 2. The third-order valence-corrected chi connectivity index (χ3v) is 3.45. The zero-order valence-electron chi connectivity index (χ0n) is 11.5. The van der Waals surface area contributed by atoms with Gasteiger partial charge in [-0.2, -0.15) is 0 Å². The summed E-state index contributed by atoms with van der Waals surface area (Å²) in [6.45, 7) is 10.3. The second-order valence-corrected chi connectivity index (χ2v) is 5.50. The smallest absolute Gasteiger partial charge is 0.267 e. The maximum absolute atomic E-state index is 12.3. The maximum atomic E-state index is 12.3. The van der Waals surface area contributed by atoms with Gasteiger partial charge in [-0.15, -0.1) is 0 Å². The number of nitrogens with one attached hydrogen (secondary N) is 1. The summed E-state index contributed by atoms with van der Waals surface area (Å²) >= 11 is 1.32. The summed E-state index contributed by atoms with van der Waals surface area (Å²) in [5.74, 6) is 0.741. The summed E-state index contributed by atoms with van der Waals surface area (Å²) in [5.41, 5.74) is 5.81. The second kappa shape index (κ2) is 6.58. The predicted octanol–water partition coefficient (Wildman–Crippen LogP) is 2.28. The van der Waals surface area contributed by atoms with Gasteiger partial charge in [-0.25, -0.2) is 4.98 Å². The maximum Gasteiger partial charge on any atom is 0.267 e. The summed E-state index contributed by atoms with van der Waals surface area (Å²) < 4.78 is 0. The molecular weight excluding hydrogens is 248 g/mol. The largest absolute Gasteiger partial charge is 0.382 e. The molecule has 0 aliphatic rings. The van der Waals surface area contributed by atoms with Gasteiger partial charge in [0.25, 0.3) is 5.91 Å². The molecule has 1 aromatic rings. The highest BCUT2D eigenvalue weighted by Crippen LogP contribution is 2.26. The van der Waals surface area contributed by atoms with Crippen LogP contribution in [0.2, 0.25) is 0 Å². The van der Waals surface area contributed by atoms with E-state index < -0.39 is 0 Å². The molecule has 102 valence electrons. The third-order valence-electron chi connectivity index (χ3n) is 2.43. The SMILES string of the molecule is CCNc1nc(N)c(C(=O)N(CC)CC(C)C)s1. The second-order valence-electron chi connectivity index (χ2n) is 4.50. The summed E-state index contributed by atoms with van der Waals surface area (Å²) in [7, 11) is 0. The first-order valence-corrected chi connectivity index (χ1v) is 7.10. The Labute approximate surface area is 112 Å². The van der Waals surface area contributed by atoms with Crippen LogP contribution in [0.1, 0.15) is 37.4 Å². The quantitative estimate of drug-likeness (QED) is 0.832. The van der Waals surface area contributed by atoms with Gasteiger partial charge in [-0.3, -0.25) is 4.79 Å². The van der Waals surface area contributed by atoms with Crippen LogP contribution in [0.25, 0.3) is 0 Å². The fourth-order valence-electron chi connectivity index (χ4n) is 1.65. The minimum Gasteiger partial charge on any atom is -0.382 e. The molecule has 0 spiro atoms. The van der Waals surface area contributed by atoms with E-state index in [0.29, 0.717) is 28.3 Å². The molecular formula is C12H22N4OS. The van der Waals surface area contributed by atoms with Gasteiger partial charge in [-0.05, 0) is 19.8 Å². The molecule has 0 atom stereocenters. The topological polar surface area (TPSA) is 71.2 Å². The number of carbonyl (C=O) groups excluding carboxylic acids is 1. The van der Waals surface area contributed by atoms with E-state index in [1.807, 2.05) is 18.7 Å². The van der Waals surface area contributed by atoms with Crippen LogP contribution in [0.15, 0.2) is 0 Å². The van der Waals surface area contributed by atoms with Crippen molar-refractivity contribution in [2.45, 2.75) is 27.7 Å². The minimum atomic E-state index is -0.0228. The van der Waals surface area contributed by atoms with E-state index in [9.17, 15) is 4.79 Å². The molecule has 0 aromatic carbocycles. The Morgan fingerprint density at radius 3 is 2.67 bits per heavy atom. The molecule has 0 saturated heterocycles. The molecule has 1 heterocycles. The molecule has 0 aliphatic heterocycles. The van der Waals surface area contributed by atoms with Crippen LogP contribution in [0.4, 0.5) is 10.9 Å². The number of nitrogen functional groups attached to an aromatic ring is 1. The lowest BCUT2D eigenvalue weighted by molar-refractivity contribution is 0.0751. The molecule has 18 heavy (non-hydrogen) atoms. The van der Waals surface area contributed by atoms with Crippen LogP contribution < -0.4 is 11.1 Å². The lowest BCUT2D eigenvalue weighted by Crippen LogP contribution is -2.33. The van der Waals surface area contributed by atoms with Crippen molar-refractivity contribution in [3.8, 4) is 0 Å². The van der Waals surface area contributed by atoms with Crippen molar-refractivity contribution in [3.05, 3.63) is 4.88 Å². The van der Waals surface area contributed by atoms with Gasteiger partial charge in [0, 0.05) is 19.6 Å². The van der Waals surface area contributed by atoms with E-state index in [1.54, 1.807) is 0 Å². The summed E-state index contributed by atoms with van der Waals surface area (Å²) in [6, 6.07) is 0. The third kappa shape index (κ3) is 3.60. The normalized spacial score (nSPS) is 10.7. The Bertz CT molecular complexity index is 403. The molecule has 0 radical (unpaired) electrons. The zero-order chi connectivity index (χ0) is 13.7. The van der Waals surface area contributed by atoms with Crippen molar-refractivity contribution >= 4 is 28.2 Å². The first kappa shape index (κ1) is 14.8. The van der Waals surface area contributed by atoms with Crippen LogP contribution >= 0.6 is 11.3 Å². The number of anilines is 2.